The number of carbonyl (C=O) groups excluding carboxylic acids is 1. The highest BCUT2D eigenvalue weighted by Crippen LogP contribution is 2.30. The lowest BCUT2D eigenvalue weighted by Crippen LogP contribution is -2.38. The van der Waals surface area contributed by atoms with Crippen molar-refractivity contribution >= 4 is 5.91 Å². The number of amides is 1. The summed E-state index contributed by atoms with van der Waals surface area (Å²) in [4.78, 5) is 26.0. The van der Waals surface area contributed by atoms with E-state index in [4.69, 9.17) is 0 Å². The summed E-state index contributed by atoms with van der Waals surface area (Å²) >= 11 is 0. The van der Waals surface area contributed by atoms with Crippen molar-refractivity contribution in [3.8, 4) is 0 Å². The number of aryl methyl sites for hydroxylation is 1. The highest BCUT2D eigenvalue weighted by Gasteiger charge is 2.35. The van der Waals surface area contributed by atoms with E-state index in [9.17, 15) is 19.1 Å². The van der Waals surface area contributed by atoms with Gasteiger partial charge in [0.05, 0.1) is 12.6 Å². The van der Waals surface area contributed by atoms with E-state index in [-0.39, 0.29) is 35.6 Å². The van der Waals surface area contributed by atoms with Crippen molar-refractivity contribution in [1.82, 2.24) is 14.7 Å². The lowest BCUT2D eigenvalue weighted by molar-refractivity contribution is 0.0595. The molecule has 1 unspecified atom stereocenters. The van der Waals surface area contributed by atoms with Crippen molar-refractivity contribution < 1.29 is 14.3 Å². The smallest absolute Gasteiger partial charge is 0.274 e. The van der Waals surface area contributed by atoms with Crippen molar-refractivity contribution in [3.05, 3.63) is 63.8 Å². The van der Waals surface area contributed by atoms with Crippen LogP contribution in [-0.2, 0) is 6.54 Å². The molecule has 6 nitrogen and oxygen atoms in total. The van der Waals surface area contributed by atoms with Gasteiger partial charge in [-0.2, -0.15) is 5.10 Å². The first kappa shape index (κ1) is 17.3. The molecular weight excluding hydrogens is 325 g/mol. The molecule has 3 rings (SSSR count). The van der Waals surface area contributed by atoms with Crippen molar-refractivity contribution in [1.29, 1.82) is 0 Å². The van der Waals surface area contributed by atoms with Crippen LogP contribution in [-0.4, -0.2) is 38.3 Å². The highest BCUT2D eigenvalue weighted by molar-refractivity contribution is 5.92. The van der Waals surface area contributed by atoms with E-state index in [1.54, 1.807) is 11.8 Å². The summed E-state index contributed by atoms with van der Waals surface area (Å²) in [6.07, 6.45) is 0.826. The first-order valence-electron chi connectivity index (χ1n) is 8.32. The Hall–Kier alpha value is -2.54. The molecule has 1 amide bonds. The molecule has 0 bridgehead atoms. The van der Waals surface area contributed by atoms with Gasteiger partial charge >= 0.3 is 0 Å². The van der Waals surface area contributed by atoms with E-state index < -0.39 is 6.10 Å². The van der Waals surface area contributed by atoms with Gasteiger partial charge in [-0.15, -0.1) is 0 Å². The van der Waals surface area contributed by atoms with Crippen molar-refractivity contribution in [2.24, 2.45) is 0 Å². The van der Waals surface area contributed by atoms with Gasteiger partial charge < -0.3 is 10.0 Å². The number of aliphatic hydroxyl groups excluding tert-OH is 1. The quantitative estimate of drug-likeness (QED) is 0.865. The van der Waals surface area contributed by atoms with Crippen LogP contribution in [0.4, 0.5) is 4.39 Å². The van der Waals surface area contributed by atoms with Gasteiger partial charge in [-0.1, -0.05) is 12.1 Å². The molecule has 0 radical (unpaired) electrons. The predicted molar refractivity (Wildman–Crippen MR) is 89.6 cm³/mol. The number of benzene rings is 1. The summed E-state index contributed by atoms with van der Waals surface area (Å²) in [7, 11) is 0. The predicted octanol–water partition coefficient (Wildman–Crippen LogP) is 1.74. The minimum absolute atomic E-state index is 0.0615. The second-order valence-corrected chi connectivity index (χ2v) is 6.13. The molecule has 7 heteroatoms. The van der Waals surface area contributed by atoms with Crippen LogP contribution >= 0.6 is 0 Å². The van der Waals surface area contributed by atoms with E-state index in [0.717, 1.165) is 12.8 Å². The summed E-state index contributed by atoms with van der Waals surface area (Å²) in [6, 6.07) is 8.37. The molecule has 1 aromatic heterocycles. The maximum Gasteiger partial charge on any atom is 0.274 e. The molecule has 1 aromatic carbocycles. The maximum atomic E-state index is 13.0. The Bertz CT molecular complexity index is 815. The number of aliphatic hydroxyl groups is 1. The zero-order valence-corrected chi connectivity index (χ0v) is 13.9. The molecule has 0 spiro atoms. The molecule has 2 aromatic rings. The minimum Gasteiger partial charge on any atom is -0.387 e. The SMILES string of the molecule is CCn1nc(C(=O)N(CC(O)c2ccc(F)cc2)C2CC2)ccc1=O. The van der Waals surface area contributed by atoms with E-state index >= 15 is 0 Å². The number of rotatable bonds is 6. The van der Waals surface area contributed by atoms with Gasteiger partial charge in [-0.05, 0) is 43.5 Å². The molecule has 25 heavy (non-hydrogen) atoms. The van der Waals surface area contributed by atoms with E-state index in [1.807, 2.05) is 0 Å². The van der Waals surface area contributed by atoms with Crippen molar-refractivity contribution in [3.63, 3.8) is 0 Å². The molecule has 1 aliphatic rings. The Kier molecular flexibility index (Phi) is 4.94. The Balaban J connectivity index is 1.80. The van der Waals surface area contributed by atoms with E-state index in [2.05, 4.69) is 5.10 Å². The fraction of sp³-hybridized carbons (Fsp3) is 0.389. The second-order valence-electron chi connectivity index (χ2n) is 6.13. The second kappa shape index (κ2) is 7.14. The van der Waals surface area contributed by atoms with Gasteiger partial charge in [0, 0.05) is 18.7 Å². The van der Waals surface area contributed by atoms with Crippen LogP contribution in [0.2, 0.25) is 0 Å². The Morgan fingerprint density at radius 2 is 2.00 bits per heavy atom. The normalized spacial score (nSPS) is 15.0. The summed E-state index contributed by atoms with van der Waals surface area (Å²) < 4.78 is 14.3. The van der Waals surface area contributed by atoms with Gasteiger partial charge in [0.15, 0.2) is 0 Å². The molecule has 0 aliphatic heterocycles. The van der Waals surface area contributed by atoms with Crippen LogP contribution in [0.15, 0.2) is 41.2 Å². The Labute approximate surface area is 144 Å². The Morgan fingerprint density at radius 3 is 2.60 bits per heavy atom. The fourth-order valence-electron chi connectivity index (χ4n) is 2.70. The van der Waals surface area contributed by atoms with Crippen LogP contribution in [0.3, 0.4) is 0 Å². The lowest BCUT2D eigenvalue weighted by atomic mass is 10.1. The summed E-state index contributed by atoms with van der Waals surface area (Å²) in [5.74, 6) is -0.692. The minimum atomic E-state index is -0.915. The number of nitrogens with zero attached hydrogens (tertiary/aromatic N) is 3. The number of hydrogen-bond donors (Lipinski definition) is 1. The lowest BCUT2D eigenvalue weighted by Gasteiger charge is -2.25. The van der Waals surface area contributed by atoms with Crippen LogP contribution < -0.4 is 5.56 Å². The number of hydrogen-bond acceptors (Lipinski definition) is 4. The highest BCUT2D eigenvalue weighted by atomic mass is 19.1. The van der Waals surface area contributed by atoms with Gasteiger partial charge in [0.2, 0.25) is 0 Å². The topological polar surface area (TPSA) is 75.4 Å². The molecule has 1 saturated carbocycles. The van der Waals surface area contributed by atoms with Gasteiger partial charge in [-0.3, -0.25) is 9.59 Å². The molecule has 1 atom stereocenters. The van der Waals surface area contributed by atoms with Gasteiger partial charge in [-0.25, -0.2) is 9.07 Å². The van der Waals surface area contributed by atoms with Crippen LogP contribution in [0.5, 0.6) is 0 Å². The van der Waals surface area contributed by atoms with E-state index in [1.165, 1.54) is 41.1 Å². The molecule has 0 saturated heterocycles. The molecular formula is C18H20FN3O3. The van der Waals surface area contributed by atoms with Gasteiger partial charge in [0.1, 0.15) is 11.5 Å². The molecule has 1 fully saturated rings. The zero-order valence-electron chi connectivity index (χ0n) is 13.9. The van der Waals surface area contributed by atoms with Crippen LogP contribution in [0, 0.1) is 5.82 Å². The third-order valence-electron chi connectivity index (χ3n) is 4.26. The number of aromatic nitrogens is 2. The fourth-order valence-corrected chi connectivity index (χ4v) is 2.70. The largest absolute Gasteiger partial charge is 0.387 e. The summed E-state index contributed by atoms with van der Waals surface area (Å²) in [5, 5.41) is 14.5. The maximum absolute atomic E-state index is 13.0. The van der Waals surface area contributed by atoms with Crippen molar-refractivity contribution in [2.75, 3.05) is 6.54 Å². The molecule has 1 aliphatic carbocycles. The first-order valence-corrected chi connectivity index (χ1v) is 8.32. The summed E-state index contributed by atoms with van der Waals surface area (Å²) in [6.45, 7) is 2.25. The van der Waals surface area contributed by atoms with Crippen molar-refractivity contribution in [2.45, 2.75) is 38.5 Å². The van der Waals surface area contributed by atoms with Crippen LogP contribution in [0.25, 0.3) is 0 Å². The molecule has 1 N–H and O–H groups in total. The molecule has 1 heterocycles. The van der Waals surface area contributed by atoms with Gasteiger partial charge in [0.25, 0.3) is 11.5 Å². The number of halogens is 1. The average molecular weight is 345 g/mol. The third kappa shape index (κ3) is 3.93. The standard InChI is InChI=1S/C18H20FN3O3/c1-2-22-17(24)10-9-15(20-22)18(25)21(14-7-8-14)11-16(23)12-3-5-13(19)6-4-12/h3-6,9-10,14,16,23H,2,7-8,11H2,1H3. The Morgan fingerprint density at radius 1 is 1.32 bits per heavy atom. The third-order valence-corrected chi connectivity index (χ3v) is 4.26. The molecule has 132 valence electrons. The average Bonchev–Trinajstić information content (AvgIpc) is 3.45. The monoisotopic (exact) mass is 345 g/mol. The van der Waals surface area contributed by atoms with E-state index in [0.29, 0.717) is 12.1 Å². The first-order chi connectivity index (χ1) is 12.0. The van der Waals surface area contributed by atoms with Crippen LogP contribution in [0.1, 0.15) is 41.9 Å². The zero-order chi connectivity index (χ0) is 18.0. The summed E-state index contributed by atoms with van der Waals surface area (Å²) in [5.41, 5.74) is 0.467. The number of carbonyl (C=O) groups is 1.